The third-order valence-electron chi connectivity index (χ3n) is 4.52. The summed E-state index contributed by atoms with van der Waals surface area (Å²) in [6.45, 7) is 3.24. The van der Waals surface area contributed by atoms with Crippen molar-refractivity contribution in [2.24, 2.45) is 5.92 Å². The molecule has 0 amide bonds. The Balaban J connectivity index is 1.39. The van der Waals surface area contributed by atoms with Crippen LogP contribution in [0.1, 0.15) is 25.7 Å². The maximum absolute atomic E-state index is 4.64. The Labute approximate surface area is 124 Å². The molecule has 1 aromatic heterocycles. The molecule has 110 valence electrons. The highest BCUT2D eigenvalue weighted by molar-refractivity contribution is 5.74. The number of aromatic nitrogens is 3. The molecular weight excluding hydrogens is 262 g/mol. The van der Waals surface area contributed by atoms with Crippen molar-refractivity contribution in [3.8, 4) is 0 Å². The van der Waals surface area contributed by atoms with Crippen molar-refractivity contribution in [1.29, 1.82) is 0 Å². The smallest absolute Gasteiger partial charge is 0.245 e. The van der Waals surface area contributed by atoms with Gasteiger partial charge in [0.1, 0.15) is 5.52 Å². The van der Waals surface area contributed by atoms with E-state index >= 15 is 0 Å². The summed E-state index contributed by atoms with van der Waals surface area (Å²) in [6.07, 6.45) is 5.18. The number of hydrogen-bond acceptors (Lipinski definition) is 5. The quantitative estimate of drug-likeness (QED) is 0.930. The van der Waals surface area contributed by atoms with Crippen LogP contribution in [0.25, 0.3) is 11.0 Å². The van der Waals surface area contributed by atoms with Gasteiger partial charge in [-0.1, -0.05) is 12.1 Å². The van der Waals surface area contributed by atoms with E-state index in [1.165, 1.54) is 32.2 Å². The fourth-order valence-electron chi connectivity index (χ4n) is 2.94. The Morgan fingerprint density at radius 2 is 1.76 bits per heavy atom. The lowest BCUT2D eigenvalue weighted by molar-refractivity contribution is 0.406. The lowest BCUT2D eigenvalue weighted by atomic mass is 10.1. The zero-order valence-corrected chi connectivity index (χ0v) is 12.2. The molecule has 1 saturated heterocycles. The van der Waals surface area contributed by atoms with Crippen molar-refractivity contribution in [2.75, 3.05) is 24.5 Å². The van der Waals surface area contributed by atoms with Gasteiger partial charge >= 0.3 is 0 Å². The number of benzene rings is 1. The average molecular weight is 283 g/mol. The Morgan fingerprint density at radius 3 is 2.52 bits per heavy atom. The van der Waals surface area contributed by atoms with Gasteiger partial charge in [0, 0.05) is 19.1 Å². The summed E-state index contributed by atoms with van der Waals surface area (Å²) < 4.78 is 0. The molecule has 2 heterocycles. The minimum absolute atomic E-state index is 0.662. The van der Waals surface area contributed by atoms with E-state index in [0.717, 1.165) is 36.0 Å². The van der Waals surface area contributed by atoms with Gasteiger partial charge in [-0.25, -0.2) is 4.98 Å². The molecule has 2 aromatic rings. The topological polar surface area (TPSA) is 53.9 Å². The second kappa shape index (κ2) is 5.56. The van der Waals surface area contributed by atoms with E-state index in [9.17, 15) is 0 Å². The maximum Gasteiger partial charge on any atom is 0.245 e. The highest BCUT2D eigenvalue weighted by Gasteiger charge is 2.25. The van der Waals surface area contributed by atoms with Gasteiger partial charge in [0.05, 0.1) is 5.52 Å². The molecular formula is C16H21N5. The van der Waals surface area contributed by atoms with E-state index in [1.54, 1.807) is 0 Å². The highest BCUT2D eigenvalue weighted by atomic mass is 15.3. The molecule has 0 bridgehead atoms. The van der Waals surface area contributed by atoms with Crippen LogP contribution in [0.15, 0.2) is 24.3 Å². The van der Waals surface area contributed by atoms with Crippen LogP contribution >= 0.6 is 0 Å². The Kier molecular flexibility index (Phi) is 3.43. The molecule has 21 heavy (non-hydrogen) atoms. The summed E-state index contributed by atoms with van der Waals surface area (Å²) in [6, 6.07) is 8.57. The van der Waals surface area contributed by atoms with E-state index in [4.69, 9.17) is 0 Å². The van der Waals surface area contributed by atoms with Crippen LogP contribution < -0.4 is 10.2 Å². The van der Waals surface area contributed by atoms with Crippen molar-refractivity contribution in [3.63, 3.8) is 0 Å². The maximum atomic E-state index is 4.64. The van der Waals surface area contributed by atoms with Crippen LogP contribution in [0.4, 0.5) is 5.95 Å². The molecule has 1 aliphatic carbocycles. The first-order chi connectivity index (χ1) is 10.4. The summed E-state index contributed by atoms with van der Waals surface area (Å²) >= 11 is 0. The van der Waals surface area contributed by atoms with Crippen LogP contribution in [0.5, 0.6) is 0 Å². The zero-order valence-electron chi connectivity index (χ0n) is 12.2. The number of para-hydroxylation sites is 1. The summed E-state index contributed by atoms with van der Waals surface area (Å²) in [5, 5.41) is 12.3. The number of piperidine rings is 1. The highest BCUT2D eigenvalue weighted by Crippen LogP contribution is 2.28. The second-order valence-electron chi connectivity index (χ2n) is 6.21. The number of hydrogen-bond donors (Lipinski definition) is 1. The number of nitrogens with zero attached hydrogens (tertiary/aromatic N) is 4. The number of nitrogens with one attached hydrogen (secondary N) is 1. The van der Waals surface area contributed by atoms with Crippen LogP contribution in [0.2, 0.25) is 0 Å². The van der Waals surface area contributed by atoms with Gasteiger partial charge in [-0.15, -0.1) is 10.2 Å². The molecule has 1 N–H and O–H groups in total. The van der Waals surface area contributed by atoms with Crippen molar-refractivity contribution < 1.29 is 0 Å². The predicted molar refractivity (Wildman–Crippen MR) is 83.3 cm³/mol. The van der Waals surface area contributed by atoms with Crippen LogP contribution in [-0.4, -0.2) is 40.9 Å². The fourth-order valence-corrected chi connectivity index (χ4v) is 2.94. The van der Waals surface area contributed by atoms with Crippen LogP contribution in [-0.2, 0) is 0 Å². The number of anilines is 1. The SMILES string of the molecule is c1ccc2nc(N3CCC(NCC4CC4)CC3)nnc2c1. The third kappa shape index (κ3) is 2.97. The molecule has 1 aromatic carbocycles. The minimum Gasteiger partial charge on any atom is -0.339 e. The van der Waals surface area contributed by atoms with Crippen LogP contribution in [0.3, 0.4) is 0 Å². The molecule has 4 rings (SSSR count). The van der Waals surface area contributed by atoms with Gasteiger partial charge in [0.2, 0.25) is 5.95 Å². The minimum atomic E-state index is 0.662. The molecule has 1 saturated carbocycles. The lowest BCUT2D eigenvalue weighted by Crippen LogP contribution is -2.43. The van der Waals surface area contributed by atoms with Crippen molar-refractivity contribution in [3.05, 3.63) is 24.3 Å². The first kappa shape index (κ1) is 13.0. The van der Waals surface area contributed by atoms with Gasteiger partial charge in [0.15, 0.2) is 0 Å². The summed E-state index contributed by atoms with van der Waals surface area (Å²) in [7, 11) is 0. The Hall–Kier alpha value is -1.75. The summed E-state index contributed by atoms with van der Waals surface area (Å²) in [5.74, 6) is 1.73. The summed E-state index contributed by atoms with van der Waals surface area (Å²) in [4.78, 5) is 6.90. The van der Waals surface area contributed by atoms with E-state index < -0.39 is 0 Å². The van der Waals surface area contributed by atoms with E-state index in [2.05, 4.69) is 25.4 Å². The van der Waals surface area contributed by atoms with Gasteiger partial charge in [-0.2, -0.15) is 0 Å². The summed E-state index contributed by atoms with van der Waals surface area (Å²) in [5.41, 5.74) is 1.79. The number of rotatable bonds is 4. The van der Waals surface area contributed by atoms with Crippen molar-refractivity contribution in [2.45, 2.75) is 31.7 Å². The second-order valence-corrected chi connectivity index (χ2v) is 6.21. The molecule has 5 nitrogen and oxygen atoms in total. The predicted octanol–water partition coefficient (Wildman–Crippen LogP) is 1.99. The molecule has 0 spiro atoms. The first-order valence-corrected chi connectivity index (χ1v) is 7.96. The lowest BCUT2D eigenvalue weighted by Gasteiger charge is -2.32. The molecule has 0 unspecified atom stereocenters. The monoisotopic (exact) mass is 283 g/mol. The van der Waals surface area contributed by atoms with Gasteiger partial charge in [-0.3, -0.25) is 0 Å². The third-order valence-corrected chi connectivity index (χ3v) is 4.52. The molecule has 1 aliphatic heterocycles. The molecule has 2 aliphatic rings. The van der Waals surface area contributed by atoms with E-state index in [0.29, 0.717) is 6.04 Å². The standard InChI is InChI=1S/C16H21N5/c1-2-4-15-14(3-1)18-16(20-19-15)21-9-7-13(8-10-21)17-11-12-5-6-12/h1-4,12-13,17H,5-11H2. The van der Waals surface area contributed by atoms with E-state index in [-0.39, 0.29) is 0 Å². The average Bonchev–Trinajstić information content (AvgIpc) is 3.37. The van der Waals surface area contributed by atoms with Crippen molar-refractivity contribution in [1.82, 2.24) is 20.5 Å². The molecule has 5 heteroatoms. The fraction of sp³-hybridized carbons (Fsp3) is 0.562. The largest absolute Gasteiger partial charge is 0.339 e. The molecule has 0 radical (unpaired) electrons. The molecule has 0 atom stereocenters. The van der Waals surface area contributed by atoms with Crippen LogP contribution in [0, 0.1) is 5.92 Å². The number of fused-ring (bicyclic) bond motifs is 1. The normalized spacial score (nSPS) is 20.1. The van der Waals surface area contributed by atoms with E-state index in [1.807, 2.05) is 24.3 Å². The Morgan fingerprint density at radius 1 is 1.00 bits per heavy atom. The van der Waals surface area contributed by atoms with Gasteiger partial charge in [-0.05, 0) is 50.3 Å². The van der Waals surface area contributed by atoms with Gasteiger partial charge < -0.3 is 10.2 Å². The zero-order chi connectivity index (χ0) is 14.1. The van der Waals surface area contributed by atoms with Gasteiger partial charge in [0.25, 0.3) is 0 Å². The van der Waals surface area contributed by atoms with Crippen molar-refractivity contribution >= 4 is 17.0 Å². The Bertz CT molecular complexity index is 617. The molecule has 2 fully saturated rings. The first-order valence-electron chi connectivity index (χ1n) is 7.96.